The van der Waals surface area contributed by atoms with Gasteiger partial charge in [-0.1, -0.05) is 11.6 Å². The largest absolute Gasteiger partial charge is 0.234 e. The first-order valence-corrected chi connectivity index (χ1v) is 4.48. The Labute approximate surface area is 86.1 Å². The molecular formula is C7H2BrClFN3. The lowest BCUT2D eigenvalue weighted by atomic mass is 10.4. The molecule has 0 saturated carbocycles. The lowest BCUT2D eigenvalue weighted by Crippen LogP contribution is -1.90. The van der Waals surface area contributed by atoms with Gasteiger partial charge in [0, 0.05) is 6.07 Å². The van der Waals surface area contributed by atoms with Crippen molar-refractivity contribution in [3.8, 4) is 0 Å². The van der Waals surface area contributed by atoms with Crippen LogP contribution in [0.4, 0.5) is 4.39 Å². The molecule has 0 radical (unpaired) electrons. The van der Waals surface area contributed by atoms with Gasteiger partial charge in [0.25, 0.3) is 0 Å². The van der Waals surface area contributed by atoms with Crippen LogP contribution in [-0.4, -0.2) is 15.0 Å². The Morgan fingerprint density at radius 1 is 1.38 bits per heavy atom. The second kappa shape index (κ2) is 3.16. The summed E-state index contributed by atoms with van der Waals surface area (Å²) in [6.45, 7) is 0. The summed E-state index contributed by atoms with van der Waals surface area (Å²) in [6, 6.07) is 1.25. The van der Waals surface area contributed by atoms with Gasteiger partial charge in [0.2, 0.25) is 0 Å². The van der Waals surface area contributed by atoms with Gasteiger partial charge in [0.05, 0.1) is 5.52 Å². The van der Waals surface area contributed by atoms with Crippen molar-refractivity contribution in [2.45, 2.75) is 0 Å². The van der Waals surface area contributed by atoms with Crippen LogP contribution < -0.4 is 0 Å². The van der Waals surface area contributed by atoms with Gasteiger partial charge in [-0.2, -0.15) is 0 Å². The summed E-state index contributed by atoms with van der Waals surface area (Å²) in [7, 11) is 0. The van der Waals surface area contributed by atoms with Gasteiger partial charge in [-0.15, -0.1) is 0 Å². The highest BCUT2D eigenvalue weighted by Gasteiger charge is 2.07. The second-order valence-electron chi connectivity index (χ2n) is 2.29. The minimum atomic E-state index is -0.470. The van der Waals surface area contributed by atoms with Gasteiger partial charge in [-0.3, -0.25) is 0 Å². The number of hydrogen-bond donors (Lipinski definition) is 0. The predicted molar refractivity (Wildman–Crippen MR) is 50.0 cm³/mol. The Morgan fingerprint density at radius 2 is 2.15 bits per heavy atom. The highest BCUT2D eigenvalue weighted by molar-refractivity contribution is 9.10. The molecule has 0 fully saturated rings. The molecule has 2 aromatic rings. The normalized spacial score (nSPS) is 10.7. The molecule has 0 aromatic carbocycles. The van der Waals surface area contributed by atoms with Crippen LogP contribution in [0.5, 0.6) is 0 Å². The van der Waals surface area contributed by atoms with Gasteiger partial charge in [-0.25, -0.2) is 19.3 Å². The quantitative estimate of drug-likeness (QED) is 0.541. The summed E-state index contributed by atoms with van der Waals surface area (Å²) in [6.07, 6.45) is 1.26. The maximum absolute atomic E-state index is 13.0. The molecule has 0 spiro atoms. The summed E-state index contributed by atoms with van der Waals surface area (Å²) >= 11 is 8.67. The number of rotatable bonds is 0. The van der Waals surface area contributed by atoms with Gasteiger partial charge >= 0.3 is 0 Å². The van der Waals surface area contributed by atoms with Gasteiger partial charge in [0.15, 0.2) is 11.0 Å². The number of fused-ring (bicyclic) bond motifs is 1. The first-order chi connectivity index (χ1) is 6.18. The standard InChI is InChI=1S/C7H2BrClFN3/c8-6-3(10)1-4-5(13-6)7(9)12-2-11-4/h1-2H. The van der Waals surface area contributed by atoms with Crippen molar-refractivity contribution >= 4 is 38.6 Å². The molecule has 0 aliphatic rings. The molecule has 66 valence electrons. The van der Waals surface area contributed by atoms with E-state index in [2.05, 4.69) is 30.9 Å². The van der Waals surface area contributed by atoms with E-state index in [1.165, 1.54) is 12.4 Å². The SMILES string of the molecule is Fc1cc2ncnc(Cl)c2nc1Br. The molecule has 2 rings (SSSR count). The van der Waals surface area contributed by atoms with Gasteiger partial charge in [0.1, 0.15) is 16.4 Å². The Bertz CT molecular complexity index is 476. The van der Waals surface area contributed by atoms with E-state index in [0.717, 1.165) is 0 Å². The summed E-state index contributed by atoms with van der Waals surface area (Å²) in [5.41, 5.74) is 0.776. The molecule has 0 saturated heterocycles. The zero-order valence-corrected chi connectivity index (χ0v) is 8.47. The Balaban J connectivity index is 2.89. The van der Waals surface area contributed by atoms with Crippen molar-refractivity contribution in [3.05, 3.63) is 28.0 Å². The Kier molecular flexibility index (Phi) is 2.13. The van der Waals surface area contributed by atoms with E-state index in [0.29, 0.717) is 11.0 Å². The van der Waals surface area contributed by atoms with Crippen molar-refractivity contribution < 1.29 is 4.39 Å². The predicted octanol–water partition coefficient (Wildman–Crippen LogP) is 2.58. The summed E-state index contributed by atoms with van der Waals surface area (Å²) < 4.78 is 13.1. The molecule has 0 amide bonds. The van der Waals surface area contributed by atoms with Crippen LogP contribution in [0, 0.1) is 5.82 Å². The van der Waals surface area contributed by atoms with Crippen LogP contribution in [0.3, 0.4) is 0 Å². The molecule has 0 aliphatic heterocycles. The monoisotopic (exact) mass is 261 g/mol. The molecule has 0 atom stereocenters. The third kappa shape index (κ3) is 1.49. The van der Waals surface area contributed by atoms with E-state index < -0.39 is 5.82 Å². The van der Waals surface area contributed by atoms with Crippen molar-refractivity contribution in [1.29, 1.82) is 0 Å². The Morgan fingerprint density at radius 3 is 2.92 bits per heavy atom. The summed E-state index contributed by atoms with van der Waals surface area (Å²) in [5.74, 6) is -0.470. The zero-order valence-electron chi connectivity index (χ0n) is 6.13. The highest BCUT2D eigenvalue weighted by atomic mass is 79.9. The van der Waals surface area contributed by atoms with Crippen molar-refractivity contribution in [3.63, 3.8) is 0 Å². The van der Waals surface area contributed by atoms with Crippen LogP contribution in [0.25, 0.3) is 11.0 Å². The zero-order chi connectivity index (χ0) is 9.42. The number of halogens is 3. The molecule has 3 nitrogen and oxygen atoms in total. The fourth-order valence-corrected chi connectivity index (χ4v) is 1.38. The third-order valence-electron chi connectivity index (χ3n) is 1.48. The first kappa shape index (κ1) is 8.77. The maximum Gasteiger partial charge on any atom is 0.158 e. The van der Waals surface area contributed by atoms with Crippen molar-refractivity contribution in [2.24, 2.45) is 0 Å². The number of hydrogen-bond acceptors (Lipinski definition) is 3. The lowest BCUT2D eigenvalue weighted by molar-refractivity contribution is 0.615. The molecule has 0 bridgehead atoms. The van der Waals surface area contributed by atoms with Gasteiger partial charge < -0.3 is 0 Å². The average Bonchev–Trinajstić information content (AvgIpc) is 2.09. The van der Waals surface area contributed by atoms with E-state index in [4.69, 9.17) is 11.6 Å². The lowest BCUT2D eigenvalue weighted by Gasteiger charge is -1.98. The van der Waals surface area contributed by atoms with Crippen LogP contribution in [0.2, 0.25) is 5.15 Å². The molecule has 2 heterocycles. The molecule has 0 aliphatic carbocycles. The van der Waals surface area contributed by atoms with Crippen LogP contribution >= 0.6 is 27.5 Å². The van der Waals surface area contributed by atoms with Crippen LogP contribution in [0.15, 0.2) is 17.0 Å². The van der Waals surface area contributed by atoms with Crippen LogP contribution in [-0.2, 0) is 0 Å². The van der Waals surface area contributed by atoms with E-state index in [1.807, 2.05) is 0 Å². The van der Waals surface area contributed by atoms with E-state index in [1.54, 1.807) is 0 Å². The number of pyridine rings is 1. The molecule has 0 unspecified atom stereocenters. The second-order valence-corrected chi connectivity index (χ2v) is 3.40. The van der Waals surface area contributed by atoms with E-state index in [-0.39, 0.29) is 9.76 Å². The highest BCUT2D eigenvalue weighted by Crippen LogP contribution is 2.21. The van der Waals surface area contributed by atoms with E-state index in [9.17, 15) is 4.39 Å². The smallest absolute Gasteiger partial charge is 0.158 e. The van der Waals surface area contributed by atoms with Gasteiger partial charge in [-0.05, 0) is 15.9 Å². The molecule has 13 heavy (non-hydrogen) atoms. The van der Waals surface area contributed by atoms with Crippen molar-refractivity contribution in [2.75, 3.05) is 0 Å². The van der Waals surface area contributed by atoms with Crippen LogP contribution in [0.1, 0.15) is 0 Å². The van der Waals surface area contributed by atoms with Crippen molar-refractivity contribution in [1.82, 2.24) is 15.0 Å². The fourth-order valence-electron chi connectivity index (χ4n) is 0.910. The summed E-state index contributed by atoms with van der Waals surface area (Å²) in [4.78, 5) is 11.4. The summed E-state index contributed by atoms with van der Waals surface area (Å²) in [5, 5.41) is 0.214. The minimum absolute atomic E-state index is 0.108. The molecule has 0 N–H and O–H groups in total. The topological polar surface area (TPSA) is 38.7 Å². The molecule has 2 aromatic heterocycles. The maximum atomic E-state index is 13.0. The Hall–Kier alpha value is -0.810. The number of nitrogens with zero attached hydrogens (tertiary/aromatic N) is 3. The third-order valence-corrected chi connectivity index (χ3v) is 2.31. The average molecular weight is 262 g/mol. The minimum Gasteiger partial charge on any atom is -0.234 e. The fraction of sp³-hybridized carbons (Fsp3) is 0. The number of aromatic nitrogens is 3. The first-order valence-electron chi connectivity index (χ1n) is 3.31. The molecular weight excluding hydrogens is 260 g/mol. The molecule has 6 heteroatoms. The van der Waals surface area contributed by atoms with E-state index >= 15 is 0 Å².